The van der Waals surface area contributed by atoms with Crippen LogP contribution in [0.2, 0.25) is 0 Å². The Morgan fingerprint density at radius 1 is 1.64 bits per heavy atom. The molecule has 2 nitrogen and oxygen atoms in total. The van der Waals surface area contributed by atoms with Crippen molar-refractivity contribution in [3.8, 4) is 0 Å². The molecule has 1 saturated carbocycles. The van der Waals surface area contributed by atoms with Crippen molar-refractivity contribution in [2.75, 3.05) is 0 Å². The van der Waals surface area contributed by atoms with Crippen LogP contribution in [-0.4, -0.2) is 16.7 Å². The maximum Gasteiger partial charge on any atom is 0.0797 e. The minimum absolute atomic E-state index is 0.0362. The van der Waals surface area contributed by atoms with E-state index in [1.54, 1.807) is 0 Å². The monoisotopic (exact) mass is 157 g/mol. The van der Waals surface area contributed by atoms with Gasteiger partial charge in [0.05, 0.1) is 5.60 Å². The minimum atomic E-state index is -0.518. The van der Waals surface area contributed by atoms with E-state index in [4.69, 9.17) is 5.73 Å². The molecule has 0 aromatic heterocycles. The van der Waals surface area contributed by atoms with Crippen LogP contribution < -0.4 is 5.73 Å². The molecule has 1 fully saturated rings. The zero-order valence-electron chi connectivity index (χ0n) is 7.34. The van der Waals surface area contributed by atoms with E-state index in [1.165, 1.54) is 0 Å². The highest BCUT2D eigenvalue weighted by atomic mass is 16.3. The average Bonchev–Trinajstić information content (AvgIpc) is 2.30. The van der Waals surface area contributed by atoms with Crippen molar-refractivity contribution in [1.82, 2.24) is 0 Å². The number of unbranched alkanes of at least 4 members (excludes halogenated alkanes) is 1. The van der Waals surface area contributed by atoms with E-state index >= 15 is 0 Å². The molecule has 0 aromatic carbocycles. The summed E-state index contributed by atoms with van der Waals surface area (Å²) in [5, 5.41) is 9.97. The molecule has 0 aromatic rings. The highest BCUT2D eigenvalue weighted by Crippen LogP contribution is 2.32. The van der Waals surface area contributed by atoms with Gasteiger partial charge < -0.3 is 10.8 Å². The number of rotatable bonds is 3. The second-order valence-electron chi connectivity index (χ2n) is 3.71. The zero-order valence-corrected chi connectivity index (χ0v) is 7.34. The molecule has 0 amide bonds. The van der Waals surface area contributed by atoms with Gasteiger partial charge in [0.25, 0.3) is 0 Å². The van der Waals surface area contributed by atoms with Gasteiger partial charge in [-0.1, -0.05) is 19.8 Å². The largest absolute Gasteiger partial charge is 0.388 e. The third kappa shape index (κ3) is 1.94. The molecule has 11 heavy (non-hydrogen) atoms. The van der Waals surface area contributed by atoms with E-state index in [1.807, 2.05) is 0 Å². The molecule has 0 radical (unpaired) electrons. The summed E-state index contributed by atoms with van der Waals surface area (Å²) in [6, 6.07) is 0.0362. The topological polar surface area (TPSA) is 46.2 Å². The lowest BCUT2D eigenvalue weighted by Gasteiger charge is -2.27. The number of nitrogens with two attached hydrogens (primary N) is 1. The van der Waals surface area contributed by atoms with Gasteiger partial charge in [-0.05, 0) is 25.7 Å². The van der Waals surface area contributed by atoms with Gasteiger partial charge in [0, 0.05) is 6.04 Å². The van der Waals surface area contributed by atoms with E-state index in [9.17, 15) is 5.11 Å². The van der Waals surface area contributed by atoms with Gasteiger partial charge in [-0.3, -0.25) is 0 Å². The number of hydrogen-bond donors (Lipinski definition) is 2. The van der Waals surface area contributed by atoms with Crippen LogP contribution >= 0.6 is 0 Å². The zero-order chi connectivity index (χ0) is 8.32. The third-order valence-corrected chi connectivity index (χ3v) is 2.78. The predicted octanol–water partition coefficient (Wildman–Crippen LogP) is 1.42. The summed E-state index contributed by atoms with van der Waals surface area (Å²) in [6.07, 6.45) is 6.15. The van der Waals surface area contributed by atoms with Crippen molar-refractivity contribution < 1.29 is 5.11 Å². The maximum absolute atomic E-state index is 9.97. The lowest BCUT2D eigenvalue weighted by molar-refractivity contribution is 0.0215. The molecule has 1 aliphatic carbocycles. The number of hydrogen-bond acceptors (Lipinski definition) is 2. The van der Waals surface area contributed by atoms with Crippen LogP contribution in [0.25, 0.3) is 0 Å². The third-order valence-electron chi connectivity index (χ3n) is 2.78. The first kappa shape index (κ1) is 9.01. The van der Waals surface area contributed by atoms with Crippen LogP contribution in [0.15, 0.2) is 0 Å². The lowest BCUT2D eigenvalue weighted by atomic mass is 9.92. The van der Waals surface area contributed by atoms with E-state index in [-0.39, 0.29) is 6.04 Å². The van der Waals surface area contributed by atoms with Crippen molar-refractivity contribution in [1.29, 1.82) is 0 Å². The Morgan fingerprint density at radius 2 is 2.36 bits per heavy atom. The van der Waals surface area contributed by atoms with Crippen molar-refractivity contribution in [3.63, 3.8) is 0 Å². The first-order chi connectivity index (χ1) is 5.19. The van der Waals surface area contributed by atoms with Crippen LogP contribution in [0.1, 0.15) is 45.4 Å². The second-order valence-corrected chi connectivity index (χ2v) is 3.71. The minimum Gasteiger partial charge on any atom is -0.388 e. The van der Waals surface area contributed by atoms with E-state index in [0.717, 1.165) is 38.5 Å². The molecule has 0 heterocycles. The van der Waals surface area contributed by atoms with Gasteiger partial charge in [0.15, 0.2) is 0 Å². The van der Waals surface area contributed by atoms with Crippen LogP contribution in [0.3, 0.4) is 0 Å². The molecular formula is C9H19NO. The molecule has 2 unspecified atom stereocenters. The molecule has 0 aliphatic heterocycles. The highest BCUT2D eigenvalue weighted by Gasteiger charge is 2.37. The summed E-state index contributed by atoms with van der Waals surface area (Å²) in [4.78, 5) is 0. The Labute approximate surface area is 68.8 Å². The summed E-state index contributed by atoms with van der Waals surface area (Å²) in [6.45, 7) is 2.14. The average molecular weight is 157 g/mol. The molecule has 2 atom stereocenters. The molecule has 1 rings (SSSR count). The highest BCUT2D eigenvalue weighted by molar-refractivity contribution is 4.94. The molecule has 0 bridgehead atoms. The fourth-order valence-electron chi connectivity index (χ4n) is 1.88. The first-order valence-electron chi connectivity index (χ1n) is 4.67. The predicted molar refractivity (Wildman–Crippen MR) is 46.3 cm³/mol. The molecular weight excluding hydrogens is 138 g/mol. The second kappa shape index (κ2) is 3.55. The van der Waals surface area contributed by atoms with Crippen LogP contribution in [0.5, 0.6) is 0 Å². The van der Waals surface area contributed by atoms with E-state index < -0.39 is 5.60 Å². The molecule has 0 saturated heterocycles. The van der Waals surface area contributed by atoms with Gasteiger partial charge >= 0.3 is 0 Å². The Hall–Kier alpha value is -0.0800. The van der Waals surface area contributed by atoms with Gasteiger partial charge in [-0.2, -0.15) is 0 Å². The van der Waals surface area contributed by atoms with Crippen LogP contribution in [-0.2, 0) is 0 Å². The van der Waals surface area contributed by atoms with Crippen LogP contribution in [0.4, 0.5) is 0 Å². The SMILES string of the molecule is CCCCC1(O)CCCC1N. The first-order valence-corrected chi connectivity index (χ1v) is 4.67. The van der Waals surface area contributed by atoms with Crippen molar-refractivity contribution in [3.05, 3.63) is 0 Å². The fraction of sp³-hybridized carbons (Fsp3) is 1.00. The Balaban J connectivity index is 2.38. The van der Waals surface area contributed by atoms with Gasteiger partial charge in [0.1, 0.15) is 0 Å². The van der Waals surface area contributed by atoms with Crippen molar-refractivity contribution in [2.24, 2.45) is 5.73 Å². The number of aliphatic hydroxyl groups is 1. The quantitative estimate of drug-likeness (QED) is 0.651. The molecule has 66 valence electrons. The maximum atomic E-state index is 9.97. The summed E-state index contributed by atoms with van der Waals surface area (Å²) in [5.74, 6) is 0. The Morgan fingerprint density at radius 3 is 2.82 bits per heavy atom. The molecule has 0 spiro atoms. The van der Waals surface area contributed by atoms with Crippen LogP contribution in [0, 0.1) is 0 Å². The van der Waals surface area contributed by atoms with E-state index in [2.05, 4.69) is 6.92 Å². The van der Waals surface area contributed by atoms with Crippen molar-refractivity contribution in [2.45, 2.75) is 57.1 Å². The molecule has 3 N–H and O–H groups in total. The van der Waals surface area contributed by atoms with Gasteiger partial charge in [-0.25, -0.2) is 0 Å². The summed E-state index contributed by atoms with van der Waals surface area (Å²) < 4.78 is 0. The standard InChI is InChI=1S/C9H19NO/c1-2-3-6-9(11)7-4-5-8(9)10/h8,11H,2-7,10H2,1H3. The van der Waals surface area contributed by atoms with Gasteiger partial charge in [0.2, 0.25) is 0 Å². The normalized spacial score (nSPS) is 37.9. The molecule has 2 heteroatoms. The summed E-state index contributed by atoms with van der Waals surface area (Å²) >= 11 is 0. The molecule has 1 aliphatic rings. The van der Waals surface area contributed by atoms with Crippen molar-refractivity contribution >= 4 is 0 Å². The summed E-state index contributed by atoms with van der Waals surface area (Å²) in [7, 11) is 0. The fourth-order valence-corrected chi connectivity index (χ4v) is 1.88. The smallest absolute Gasteiger partial charge is 0.0797 e. The lowest BCUT2D eigenvalue weighted by Crippen LogP contribution is -2.43. The Kier molecular flexibility index (Phi) is 2.90. The Bertz CT molecular complexity index is 127. The van der Waals surface area contributed by atoms with E-state index in [0.29, 0.717) is 0 Å². The summed E-state index contributed by atoms with van der Waals surface area (Å²) in [5.41, 5.74) is 5.29. The van der Waals surface area contributed by atoms with Gasteiger partial charge in [-0.15, -0.1) is 0 Å².